The van der Waals surface area contributed by atoms with Crippen molar-refractivity contribution in [3.63, 3.8) is 0 Å². The largest absolute Gasteiger partial charge is 0.478 e. The number of benzene rings is 1. The van der Waals surface area contributed by atoms with Crippen LogP contribution < -0.4 is 0 Å². The van der Waals surface area contributed by atoms with E-state index < -0.39 is 5.97 Å². The summed E-state index contributed by atoms with van der Waals surface area (Å²) < 4.78 is 1.68. The van der Waals surface area contributed by atoms with Crippen LogP contribution in [0.3, 0.4) is 0 Å². The van der Waals surface area contributed by atoms with E-state index in [2.05, 4.69) is 9.97 Å². The molecule has 0 aliphatic heterocycles. The summed E-state index contributed by atoms with van der Waals surface area (Å²) in [5.74, 6) is -0.488. The van der Waals surface area contributed by atoms with Crippen LogP contribution in [0.2, 0.25) is 0 Å². The summed E-state index contributed by atoms with van der Waals surface area (Å²) in [6.07, 6.45) is 2.84. The second-order valence-electron chi connectivity index (χ2n) is 3.42. The molecule has 5 nitrogen and oxygen atoms in total. The van der Waals surface area contributed by atoms with E-state index in [0.717, 1.165) is 11.0 Å². The highest BCUT2D eigenvalue weighted by Crippen LogP contribution is 2.15. The van der Waals surface area contributed by atoms with Crippen LogP contribution in [0.15, 0.2) is 36.7 Å². The van der Waals surface area contributed by atoms with Crippen molar-refractivity contribution in [1.29, 1.82) is 0 Å². The van der Waals surface area contributed by atoms with Gasteiger partial charge in [0.25, 0.3) is 0 Å². The minimum absolute atomic E-state index is 0.149. The average Bonchev–Trinajstić information content (AvgIpc) is 2.66. The van der Waals surface area contributed by atoms with Crippen LogP contribution in [0.25, 0.3) is 16.8 Å². The molecular weight excluding hydrogens is 206 g/mol. The minimum atomic E-state index is -0.993. The van der Waals surface area contributed by atoms with E-state index in [-0.39, 0.29) is 5.56 Å². The Bertz CT molecular complexity index is 703. The Labute approximate surface area is 90.0 Å². The molecule has 0 unspecified atom stereocenters. The number of carboxylic acid groups (broad SMARTS) is 1. The van der Waals surface area contributed by atoms with Crippen molar-refractivity contribution < 1.29 is 9.90 Å². The predicted octanol–water partition coefficient (Wildman–Crippen LogP) is 1.58. The maximum atomic E-state index is 10.8. The van der Waals surface area contributed by atoms with Gasteiger partial charge in [0.2, 0.25) is 5.78 Å². The molecule has 3 rings (SSSR count). The fourth-order valence-electron chi connectivity index (χ4n) is 1.66. The third kappa shape index (κ3) is 1.15. The Morgan fingerprint density at radius 1 is 1.31 bits per heavy atom. The number of imidazole rings is 1. The van der Waals surface area contributed by atoms with Crippen molar-refractivity contribution in [1.82, 2.24) is 14.4 Å². The molecule has 0 bridgehead atoms. The monoisotopic (exact) mass is 213 g/mol. The number of para-hydroxylation sites is 2. The first kappa shape index (κ1) is 8.84. The summed E-state index contributed by atoms with van der Waals surface area (Å²) in [4.78, 5) is 19.1. The first-order valence-corrected chi connectivity index (χ1v) is 4.72. The minimum Gasteiger partial charge on any atom is -0.478 e. The predicted molar refractivity (Wildman–Crippen MR) is 57.5 cm³/mol. The highest BCUT2D eigenvalue weighted by molar-refractivity contribution is 5.88. The van der Waals surface area contributed by atoms with Crippen LogP contribution in [0.5, 0.6) is 0 Å². The van der Waals surface area contributed by atoms with Crippen LogP contribution in [0, 0.1) is 0 Å². The number of carbonyl (C=O) groups is 1. The lowest BCUT2D eigenvalue weighted by molar-refractivity contribution is 0.0696. The van der Waals surface area contributed by atoms with E-state index in [1.54, 1.807) is 4.40 Å². The van der Waals surface area contributed by atoms with E-state index in [0.29, 0.717) is 5.78 Å². The van der Waals surface area contributed by atoms with Crippen molar-refractivity contribution in [3.05, 3.63) is 42.2 Å². The zero-order chi connectivity index (χ0) is 11.1. The standard InChI is InChI=1S/C11H7N3O2/c15-10(16)7-5-12-11-13-8-3-1-2-4-9(8)14(11)6-7/h1-6H,(H,15,16). The molecule has 1 aromatic carbocycles. The van der Waals surface area contributed by atoms with Gasteiger partial charge in [-0.25, -0.2) is 14.8 Å². The Kier molecular flexibility index (Phi) is 1.67. The van der Waals surface area contributed by atoms with E-state index in [9.17, 15) is 4.79 Å². The molecule has 0 atom stereocenters. The van der Waals surface area contributed by atoms with Crippen molar-refractivity contribution in [3.8, 4) is 0 Å². The molecule has 16 heavy (non-hydrogen) atoms. The molecule has 5 heteroatoms. The first-order valence-electron chi connectivity index (χ1n) is 4.72. The molecule has 2 aromatic heterocycles. The van der Waals surface area contributed by atoms with Crippen molar-refractivity contribution in [2.75, 3.05) is 0 Å². The molecular formula is C11H7N3O2. The van der Waals surface area contributed by atoms with Crippen LogP contribution in [0.4, 0.5) is 0 Å². The summed E-state index contributed by atoms with van der Waals surface area (Å²) in [7, 11) is 0. The summed E-state index contributed by atoms with van der Waals surface area (Å²) in [5, 5.41) is 8.88. The van der Waals surface area contributed by atoms with Gasteiger partial charge in [0.15, 0.2) is 0 Å². The molecule has 0 amide bonds. The molecule has 0 spiro atoms. The lowest BCUT2D eigenvalue weighted by atomic mass is 10.3. The maximum Gasteiger partial charge on any atom is 0.338 e. The zero-order valence-electron chi connectivity index (χ0n) is 8.16. The number of fused-ring (bicyclic) bond motifs is 3. The molecule has 1 N–H and O–H groups in total. The topological polar surface area (TPSA) is 67.5 Å². The van der Waals surface area contributed by atoms with Crippen molar-refractivity contribution >= 4 is 22.8 Å². The molecule has 0 aliphatic rings. The van der Waals surface area contributed by atoms with Gasteiger partial charge in [-0.3, -0.25) is 4.40 Å². The van der Waals surface area contributed by atoms with E-state index in [1.165, 1.54) is 12.4 Å². The number of carboxylic acids is 1. The lowest BCUT2D eigenvalue weighted by Crippen LogP contribution is -2.00. The quantitative estimate of drug-likeness (QED) is 0.666. The van der Waals surface area contributed by atoms with E-state index in [1.807, 2.05) is 24.3 Å². The van der Waals surface area contributed by atoms with Gasteiger partial charge >= 0.3 is 5.97 Å². The number of hydrogen-bond acceptors (Lipinski definition) is 3. The van der Waals surface area contributed by atoms with Crippen LogP contribution >= 0.6 is 0 Å². The summed E-state index contributed by atoms with van der Waals surface area (Å²) in [6.45, 7) is 0. The highest BCUT2D eigenvalue weighted by atomic mass is 16.4. The van der Waals surface area contributed by atoms with Crippen molar-refractivity contribution in [2.45, 2.75) is 0 Å². The Hall–Kier alpha value is -2.43. The molecule has 3 aromatic rings. The van der Waals surface area contributed by atoms with Crippen LogP contribution in [0.1, 0.15) is 10.4 Å². The third-order valence-corrected chi connectivity index (χ3v) is 2.41. The van der Waals surface area contributed by atoms with E-state index in [4.69, 9.17) is 5.11 Å². The molecule has 2 heterocycles. The second-order valence-corrected chi connectivity index (χ2v) is 3.42. The number of aromatic nitrogens is 3. The van der Waals surface area contributed by atoms with Gasteiger partial charge in [0.1, 0.15) is 0 Å². The normalized spacial score (nSPS) is 11.0. The van der Waals surface area contributed by atoms with Gasteiger partial charge in [0.05, 0.1) is 16.6 Å². The van der Waals surface area contributed by atoms with Gasteiger partial charge in [-0.15, -0.1) is 0 Å². The van der Waals surface area contributed by atoms with Gasteiger partial charge < -0.3 is 5.11 Å². The van der Waals surface area contributed by atoms with Crippen LogP contribution in [-0.2, 0) is 0 Å². The molecule has 78 valence electrons. The smallest absolute Gasteiger partial charge is 0.338 e. The number of rotatable bonds is 1. The fourth-order valence-corrected chi connectivity index (χ4v) is 1.66. The number of nitrogens with zero attached hydrogens (tertiary/aromatic N) is 3. The summed E-state index contributed by atoms with van der Waals surface area (Å²) in [5.41, 5.74) is 1.81. The van der Waals surface area contributed by atoms with E-state index >= 15 is 0 Å². The third-order valence-electron chi connectivity index (χ3n) is 2.41. The zero-order valence-corrected chi connectivity index (χ0v) is 8.16. The highest BCUT2D eigenvalue weighted by Gasteiger charge is 2.08. The van der Waals surface area contributed by atoms with Gasteiger partial charge in [-0.1, -0.05) is 12.1 Å². The fraction of sp³-hybridized carbons (Fsp3) is 0. The van der Waals surface area contributed by atoms with Crippen molar-refractivity contribution in [2.24, 2.45) is 0 Å². The van der Waals surface area contributed by atoms with Gasteiger partial charge in [-0.2, -0.15) is 0 Å². The number of hydrogen-bond donors (Lipinski definition) is 1. The lowest BCUT2D eigenvalue weighted by Gasteiger charge is -1.96. The van der Waals surface area contributed by atoms with Crippen LogP contribution in [-0.4, -0.2) is 25.4 Å². The summed E-state index contributed by atoms with van der Waals surface area (Å²) >= 11 is 0. The molecule has 0 fully saturated rings. The molecule has 0 radical (unpaired) electrons. The molecule has 0 saturated carbocycles. The number of aromatic carboxylic acids is 1. The average molecular weight is 213 g/mol. The molecule has 0 aliphatic carbocycles. The molecule has 0 saturated heterocycles. The Morgan fingerprint density at radius 3 is 2.94 bits per heavy atom. The Morgan fingerprint density at radius 2 is 2.12 bits per heavy atom. The van der Waals surface area contributed by atoms with Gasteiger partial charge in [0, 0.05) is 12.4 Å². The summed E-state index contributed by atoms with van der Waals surface area (Å²) in [6, 6.07) is 7.50. The first-order chi connectivity index (χ1) is 7.75. The Balaban J connectivity index is 2.44. The second kappa shape index (κ2) is 3.03. The SMILES string of the molecule is O=C(O)c1cnc2nc3ccccc3n2c1. The maximum absolute atomic E-state index is 10.8. The van der Waals surface area contributed by atoms with Gasteiger partial charge in [-0.05, 0) is 12.1 Å².